The number of benzene rings is 1. The summed E-state index contributed by atoms with van der Waals surface area (Å²) in [6, 6.07) is 5.29. The molecule has 4 heteroatoms. The van der Waals surface area contributed by atoms with Gasteiger partial charge in [-0.2, -0.15) is 0 Å². The van der Waals surface area contributed by atoms with Crippen LogP contribution in [0.15, 0.2) is 22.7 Å². The topological polar surface area (TPSA) is 35.5 Å². The minimum Gasteiger partial charge on any atom is -0.493 e. The van der Waals surface area contributed by atoms with Gasteiger partial charge in [-0.15, -0.1) is 0 Å². The van der Waals surface area contributed by atoms with E-state index < -0.39 is 5.60 Å². The molecule has 0 heterocycles. The second-order valence-electron chi connectivity index (χ2n) is 4.58. The predicted molar refractivity (Wildman–Crippen MR) is 75.1 cm³/mol. The quantitative estimate of drug-likeness (QED) is 0.764. The monoisotopic (exact) mass is 314 g/mol. The molecule has 1 aromatic carbocycles. The summed E-state index contributed by atoms with van der Waals surface area (Å²) in [5, 5.41) is 0. The van der Waals surface area contributed by atoms with Crippen LogP contribution in [-0.4, -0.2) is 18.2 Å². The molecule has 0 bridgehead atoms. The molecular weight excluding hydrogens is 296 g/mol. The predicted octanol–water partition coefficient (Wildman–Crippen LogP) is 4.19. The number of esters is 1. The van der Waals surface area contributed by atoms with Crippen molar-refractivity contribution in [1.82, 2.24) is 0 Å². The molecule has 0 fully saturated rings. The van der Waals surface area contributed by atoms with E-state index in [-0.39, 0.29) is 5.97 Å². The lowest BCUT2D eigenvalue weighted by atomic mass is 10.1. The van der Waals surface area contributed by atoms with Crippen molar-refractivity contribution in [2.75, 3.05) is 6.61 Å². The van der Waals surface area contributed by atoms with Crippen LogP contribution in [0.4, 0.5) is 0 Å². The first-order chi connectivity index (χ1) is 8.39. The van der Waals surface area contributed by atoms with Crippen LogP contribution in [0.5, 0.6) is 5.75 Å². The number of hydrogen-bond donors (Lipinski definition) is 0. The third-order valence-corrected chi connectivity index (χ3v) is 3.18. The maximum Gasteiger partial charge on any atom is 0.342 e. The van der Waals surface area contributed by atoms with E-state index in [1.165, 1.54) is 0 Å². The fraction of sp³-hybridized carbons (Fsp3) is 0.500. The van der Waals surface area contributed by atoms with Crippen molar-refractivity contribution < 1.29 is 14.3 Å². The van der Waals surface area contributed by atoms with E-state index in [1.54, 1.807) is 18.2 Å². The fourth-order valence-corrected chi connectivity index (χ4v) is 1.66. The van der Waals surface area contributed by atoms with Gasteiger partial charge in [-0.1, -0.05) is 22.9 Å². The summed E-state index contributed by atoms with van der Waals surface area (Å²) in [6.07, 6.45) is 0.763. The second-order valence-corrected chi connectivity index (χ2v) is 5.49. The van der Waals surface area contributed by atoms with Crippen LogP contribution >= 0.6 is 15.9 Å². The van der Waals surface area contributed by atoms with Crippen LogP contribution in [0.3, 0.4) is 0 Å². The van der Waals surface area contributed by atoms with E-state index in [4.69, 9.17) is 9.47 Å². The van der Waals surface area contributed by atoms with E-state index in [0.717, 1.165) is 10.9 Å². The first-order valence-electron chi connectivity index (χ1n) is 6.05. The van der Waals surface area contributed by atoms with Crippen LogP contribution < -0.4 is 4.74 Å². The van der Waals surface area contributed by atoms with Crippen LogP contribution in [0.1, 0.15) is 44.5 Å². The Balaban J connectivity index is 2.98. The van der Waals surface area contributed by atoms with Crippen LogP contribution in [0.2, 0.25) is 0 Å². The highest BCUT2D eigenvalue weighted by Gasteiger charge is 2.23. The molecule has 0 aliphatic heterocycles. The van der Waals surface area contributed by atoms with Crippen molar-refractivity contribution in [2.24, 2.45) is 0 Å². The van der Waals surface area contributed by atoms with Gasteiger partial charge in [0.05, 0.1) is 6.61 Å². The zero-order valence-electron chi connectivity index (χ0n) is 11.2. The van der Waals surface area contributed by atoms with E-state index >= 15 is 0 Å². The van der Waals surface area contributed by atoms with E-state index in [2.05, 4.69) is 15.9 Å². The highest BCUT2D eigenvalue weighted by atomic mass is 79.9. The Kier molecular flexibility index (Phi) is 5.20. The number of carbonyl (C=O) groups is 1. The molecule has 100 valence electrons. The minimum absolute atomic E-state index is 0.349. The van der Waals surface area contributed by atoms with Crippen molar-refractivity contribution in [3.05, 3.63) is 28.2 Å². The smallest absolute Gasteiger partial charge is 0.342 e. The van der Waals surface area contributed by atoms with Gasteiger partial charge in [-0.25, -0.2) is 4.79 Å². The summed E-state index contributed by atoms with van der Waals surface area (Å²) in [7, 11) is 0. The van der Waals surface area contributed by atoms with E-state index in [0.29, 0.717) is 17.9 Å². The SMILES string of the molecule is CCOc1cc(Br)ccc1C(=O)OC(C)(C)CC. The molecule has 1 aromatic rings. The first-order valence-corrected chi connectivity index (χ1v) is 6.84. The summed E-state index contributed by atoms with van der Waals surface area (Å²) >= 11 is 3.36. The van der Waals surface area contributed by atoms with Gasteiger partial charge in [-0.05, 0) is 45.4 Å². The highest BCUT2D eigenvalue weighted by Crippen LogP contribution is 2.26. The standard InChI is InChI=1S/C14H19BrO3/c1-5-14(3,4)18-13(16)11-8-7-10(15)9-12(11)17-6-2/h7-9H,5-6H2,1-4H3. The van der Waals surface area contributed by atoms with Crippen LogP contribution in [0, 0.1) is 0 Å². The Bertz CT molecular complexity index is 427. The molecule has 0 aliphatic rings. The highest BCUT2D eigenvalue weighted by molar-refractivity contribution is 9.10. The molecule has 0 saturated heterocycles. The van der Waals surface area contributed by atoms with Crippen LogP contribution in [-0.2, 0) is 4.74 Å². The van der Waals surface area contributed by atoms with Crippen LogP contribution in [0.25, 0.3) is 0 Å². The number of ether oxygens (including phenoxy) is 2. The summed E-state index contributed by atoms with van der Waals surface area (Å²) in [6.45, 7) is 8.16. The molecule has 0 saturated carbocycles. The molecule has 18 heavy (non-hydrogen) atoms. The third kappa shape index (κ3) is 4.02. The van der Waals surface area contributed by atoms with Gasteiger partial charge in [0.25, 0.3) is 0 Å². The summed E-state index contributed by atoms with van der Waals surface area (Å²) in [5.74, 6) is 0.196. The maximum absolute atomic E-state index is 12.1. The molecule has 0 amide bonds. The number of halogens is 1. The van der Waals surface area contributed by atoms with Gasteiger partial charge >= 0.3 is 5.97 Å². The molecule has 0 aliphatic carbocycles. The van der Waals surface area contributed by atoms with Gasteiger partial charge in [0.15, 0.2) is 0 Å². The van der Waals surface area contributed by atoms with Gasteiger partial charge in [0.1, 0.15) is 16.9 Å². The summed E-state index contributed by atoms with van der Waals surface area (Å²) in [4.78, 5) is 12.1. The summed E-state index contributed by atoms with van der Waals surface area (Å²) in [5.41, 5.74) is -0.00485. The number of rotatable bonds is 5. The Morgan fingerprint density at radius 1 is 1.33 bits per heavy atom. The van der Waals surface area contributed by atoms with Crippen molar-refractivity contribution in [3.8, 4) is 5.75 Å². The molecule has 0 spiro atoms. The fourth-order valence-electron chi connectivity index (χ4n) is 1.32. The molecular formula is C14H19BrO3. The molecule has 0 N–H and O–H groups in total. The second kappa shape index (κ2) is 6.23. The van der Waals surface area contributed by atoms with Crippen molar-refractivity contribution in [1.29, 1.82) is 0 Å². The average Bonchev–Trinajstić information content (AvgIpc) is 2.29. The van der Waals surface area contributed by atoms with Crippen molar-refractivity contribution >= 4 is 21.9 Å². The maximum atomic E-state index is 12.1. The molecule has 0 radical (unpaired) electrons. The lowest BCUT2D eigenvalue weighted by Crippen LogP contribution is -2.27. The Morgan fingerprint density at radius 3 is 2.56 bits per heavy atom. The Morgan fingerprint density at radius 2 is 2.00 bits per heavy atom. The number of hydrogen-bond acceptors (Lipinski definition) is 3. The number of carbonyl (C=O) groups excluding carboxylic acids is 1. The summed E-state index contributed by atoms with van der Waals surface area (Å²) < 4.78 is 11.8. The lowest BCUT2D eigenvalue weighted by molar-refractivity contribution is -0.00276. The first kappa shape index (κ1) is 15.0. The van der Waals surface area contributed by atoms with E-state index in [9.17, 15) is 4.79 Å². The van der Waals surface area contributed by atoms with Gasteiger partial charge in [0, 0.05) is 4.47 Å². The Hall–Kier alpha value is -1.03. The normalized spacial score (nSPS) is 11.2. The molecule has 3 nitrogen and oxygen atoms in total. The zero-order chi connectivity index (χ0) is 13.8. The third-order valence-electron chi connectivity index (χ3n) is 2.68. The van der Waals surface area contributed by atoms with Crippen molar-refractivity contribution in [3.63, 3.8) is 0 Å². The zero-order valence-corrected chi connectivity index (χ0v) is 12.8. The van der Waals surface area contributed by atoms with Crippen molar-refractivity contribution in [2.45, 2.75) is 39.7 Å². The molecule has 0 aromatic heterocycles. The average molecular weight is 315 g/mol. The molecule has 1 rings (SSSR count). The minimum atomic E-state index is -0.465. The molecule has 0 atom stereocenters. The van der Waals surface area contributed by atoms with Gasteiger partial charge in [0.2, 0.25) is 0 Å². The van der Waals surface area contributed by atoms with Gasteiger partial charge in [-0.3, -0.25) is 0 Å². The van der Waals surface area contributed by atoms with Gasteiger partial charge < -0.3 is 9.47 Å². The molecule has 0 unspecified atom stereocenters. The van der Waals surface area contributed by atoms with E-state index in [1.807, 2.05) is 27.7 Å². The lowest BCUT2D eigenvalue weighted by Gasteiger charge is -2.23. The Labute approximate surface area is 117 Å². The largest absolute Gasteiger partial charge is 0.493 e.